The summed E-state index contributed by atoms with van der Waals surface area (Å²) in [5.41, 5.74) is 12.8. The van der Waals surface area contributed by atoms with Gasteiger partial charge >= 0.3 is 0 Å². The second kappa shape index (κ2) is 7.98. The summed E-state index contributed by atoms with van der Waals surface area (Å²) in [7, 11) is 0. The Hall–Kier alpha value is -0.600. The second-order valence-electron chi connectivity index (χ2n) is 13.7. The van der Waals surface area contributed by atoms with Crippen molar-refractivity contribution < 1.29 is 5.11 Å². The molecule has 182 valence electrons. The molecule has 2 saturated carbocycles. The minimum absolute atomic E-state index is 0.00690. The fourth-order valence-electron chi connectivity index (χ4n) is 9.55. The number of aliphatic hydroxyl groups is 1. The van der Waals surface area contributed by atoms with Crippen molar-refractivity contribution in [2.45, 2.75) is 125 Å². The van der Waals surface area contributed by atoms with Crippen molar-refractivity contribution in [3.05, 3.63) is 22.8 Å². The molecule has 0 aromatic heterocycles. The Kier molecular flexibility index (Phi) is 6.11. The van der Waals surface area contributed by atoms with E-state index in [0.717, 1.165) is 24.7 Å². The van der Waals surface area contributed by atoms with Gasteiger partial charge in [-0.05, 0) is 106 Å². The molecule has 0 amide bonds. The Bertz CT molecular complexity index is 804. The van der Waals surface area contributed by atoms with Crippen LogP contribution >= 0.6 is 0 Å². The molecule has 0 heterocycles. The molecule has 0 aromatic rings. The van der Waals surface area contributed by atoms with E-state index in [1.807, 2.05) is 0 Å². The molecule has 0 aliphatic heterocycles. The highest BCUT2D eigenvalue weighted by Crippen LogP contribution is 2.72. The van der Waals surface area contributed by atoms with Gasteiger partial charge in [0, 0.05) is 11.5 Å². The molecule has 3 unspecified atom stereocenters. The van der Waals surface area contributed by atoms with Crippen LogP contribution in [0.15, 0.2) is 22.8 Å². The van der Waals surface area contributed by atoms with E-state index in [4.69, 9.17) is 5.73 Å². The summed E-state index contributed by atoms with van der Waals surface area (Å²) in [6, 6.07) is 0.274. The first-order chi connectivity index (χ1) is 14.8. The fourth-order valence-corrected chi connectivity index (χ4v) is 9.55. The van der Waals surface area contributed by atoms with Gasteiger partial charge in [-0.3, -0.25) is 0 Å². The average Bonchev–Trinajstić information content (AvgIpc) is 2.92. The maximum atomic E-state index is 10.8. The Morgan fingerprint density at radius 2 is 1.75 bits per heavy atom. The first-order valence-electron chi connectivity index (χ1n) is 13.6. The number of nitrogens with two attached hydrogens (primary N) is 1. The topological polar surface area (TPSA) is 46.2 Å². The van der Waals surface area contributed by atoms with E-state index in [2.05, 4.69) is 61.5 Å². The summed E-state index contributed by atoms with van der Waals surface area (Å²) in [6.07, 6.45) is 13.0. The molecule has 0 aromatic carbocycles. The number of aliphatic hydroxyl groups excluding tert-OH is 1. The molecule has 2 fully saturated rings. The second-order valence-corrected chi connectivity index (χ2v) is 13.7. The van der Waals surface area contributed by atoms with Gasteiger partial charge in [0.05, 0.1) is 6.10 Å². The van der Waals surface area contributed by atoms with Gasteiger partial charge in [-0.2, -0.15) is 0 Å². The number of rotatable bonds is 4. The number of hydrogen-bond acceptors (Lipinski definition) is 2. The van der Waals surface area contributed by atoms with E-state index in [1.165, 1.54) is 50.5 Å². The van der Waals surface area contributed by atoms with E-state index in [1.54, 1.807) is 11.1 Å². The van der Waals surface area contributed by atoms with Gasteiger partial charge < -0.3 is 10.8 Å². The molecule has 4 rings (SSSR count). The van der Waals surface area contributed by atoms with E-state index in [9.17, 15) is 5.11 Å². The van der Waals surface area contributed by atoms with E-state index in [0.29, 0.717) is 11.3 Å². The van der Waals surface area contributed by atoms with Crippen LogP contribution in [0, 0.1) is 39.4 Å². The van der Waals surface area contributed by atoms with Gasteiger partial charge in [-0.1, -0.05) is 64.3 Å². The molecule has 0 saturated heterocycles. The lowest BCUT2D eigenvalue weighted by Crippen LogP contribution is -2.56. The maximum Gasteiger partial charge on any atom is 0.0594 e. The molecular weight excluding hydrogens is 390 g/mol. The van der Waals surface area contributed by atoms with Crippen molar-refractivity contribution in [3.63, 3.8) is 0 Å². The Labute approximate surface area is 198 Å². The Balaban J connectivity index is 1.69. The summed E-state index contributed by atoms with van der Waals surface area (Å²) < 4.78 is 0. The van der Waals surface area contributed by atoms with Gasteiger partial charge in [-0.25, -0.2) is 0 Å². The highest BCUT2D eigenvalue weighted by Gasteiger charge is 2.65. The summed E-state index contributed by atoms with van der Waals surface area (Å²) in [6.45, 7) is 19.3. The van der Waals surface area contributed by atoms with Crippen LogP contribution in [0.25, 0.3) is 0 Å². The zero-order valence-electron chi connectivity index (χ0n) is 22.4. The zero-order valence-corrected chi connectivity index (χ0v) is 22.4. The van der Waals surface area contributed by atoms with Crippen LogP contribution in [-0.4, -0.2) is 17.3 Å². The van der Waals surface area contributed by atoms with Crippen molar-refractivity contribution in [1.29, 1.82) is 0 Å². The van der Waals surface area contributed by atoms with Crippen LogP contribution in [0.2, 0.25) is 0 Å². The number of hydrogen-bond donors (Lipinski definition) is 2. The highest BCUT2D eigenvalue weighted by atomic mass is 16.3. The van der Waals surface area contributed by atoms with Gasteiger partial charge in [0.1, 0.15) is 0 Å². The third-order valence-electron chi connectivity index (χ3n) is 11.8. The van der Waals surface area contributed by atoms with Crippen molar-refractivity contribution in [3.8, 4) is 0 Å². The summed E-state index contributed by atoms with van der Waals surface area (Å²) in [5, 5.41) is 10.8. The first-order valence-corrected chi connectivity index (χ1v) is 13.6. The van der Waals surface area contributed by atoms with Crippen LogP contribution in [0.3, 0.4) is 0 Å². The molecule has 2 heteroatoms. The Morgan fingerprint density at radius 3 is 2.41 bits per heavy atom. The molecular formula is C30H51NO. The molecule has 0 bridgehead atoms. The third kappa shape index (κ3) is 3.25. The summed E-state index contributed by atoms with van der Waals surface area (Å²) in [4.78, 5) is 0. The number of fused-ring (bicyclic) bond motifs is 4. The van der Waals surface area contributed by atoms with Crippen LogP contribution in [0.1, 0.15) is 113 Å². The predicted octanol–water partition coefficient (Wildman–Crippen LogP) is 7.42. The molecule has 4 aliphatic rings. The van der Waals surface area contributed by atoms with Gasteiger partial charge in [0.15, 0.2) is 0 Å². The SMILES string of the molecule is CC(C)=CCCC(C)[C@H]1CC(N)[C@@]2(C)C3=C(CC[C@]12C)[C@@]1(C)CC[C@H](O)C(C)(C)C1CC3. The largest absolute Gasteiger partial charge is 0.393 e. The van der Waals surface area contributed by atoms with Crippen LogP contribution in [0.4, 0.5) is 0 Å². The third-order valence-corrected chi connectivity index (χ3v) is 11.8. The molecule has 4 aliphatic carbocycles. The molecule has 0 spiro atoms. The van der Waals surface area contributed by atoms with E-state index in [-0.39, 0.29) is 28.4 Å². The first kappa shape index (κ1) is 24.5. The molecule has 0 radical (unpaired) electrons. The van der Waals surface area contributed by atoms with Gasteiger partial charge in [-0.15, -0.1) is 0 Å². The fraction of sp³-hybridized carbons (Fsp3) is 0.867. The van der Waals surface area contributed by atoms with Crippen molar-refractivity contribution in [2.75, 3.05) is 0 Å². The Morgan fingerprint density at radius 1 is 1.06 bits per heavy atom. The lowest BCUT2D eigenvalue weighted by atomic mass is 9.43. The highest BCUT2D eigenvalue weighted by molar-refractivity contribution is 5.40. The van der Waals surface area contributed by atoms with Gasteiger partial charge in [0.2, 0.25) is 0 Å². The monoisotopic (exact) mass is 441 g/mol. The normalized spacial score (nSPS) is 46.2. The summed E-state index contributed by atoms with van der Waals surface area (Å²) >= 11 is 0. The lowest BCUT2D eigenvalue weighted by Gasteiger charge is -2.62. The van der Waals surface area contributed by atoms with E-state index < -0.39 is 0 Å². The summed E-state index contributed by atoms with van der Waals surface area (Å²) in [5.74, 6) is 2.03. The lowest BCUT2D eigenvalue weighted by molar-refractivity contribution is -0.0966. The van der Waals surface area contributed by atoms with Crippen LogP contribution < -0.4 is 5.73 Å². The van der Waals surface area contributed by atoms with Crippen LogP contribution in [0.5, 0.6) is 0 Å². The van der Waals surface area contributed by atoms with Crippen LogP contribution in [-0.2, 0) is 0 Å². The molecule has 3 N–H and O–H groups in total. The molecule has 2 nitrogen and oxygen atoms in total. The van der Waals surface area contributed by atoms with Crippen molar-refractivity contribution >= 4 is 0 Å². The minimum Gasteiger partial charge on any atom is -0.393 e. The average molecular weight is 442 g/mol. The molecule has 32 heavy (non-hydrogen) atoms. The standard InChI is InChI=1S/C30H51NO/c1-19(2)10-9-11-20(3)23-18-25(31)30(8)22-12-13-24-27(4,5)26(32)15-16-28(24,6)21(22)14-17-29(23,30)7/h10,20,23-26,32H,9,11-18,31H2,1-8H3/t20?,23-,24?,25?,26+,28-,29-,30-/m1/s1. The maximum absolute atomic E-state index is 10.8. The van der Waals surface area contributed by atoms with Crippen molar-refractivity contribution in [1.82, 2.24) is 0 Å². The quantitative estimate of drug-likeness (QED) is 0.446. The minimum atomic E-state index is -0.160. The molecule has 8 atom stereocenters. The smallest absolute Gasteiger partial charge is 0.0594 e. The van der Waals surface area contributed by atoms with E-state index >= 15 is 0 Å². The zero-order chi connectivity index (χ0) is 23.7. The van der Waals surface area contributed by atoms with Crippen molar-refractivity contribution in [2.24, 2.45) is 45.1 Å². The predicted molar refractivity (Wildman–Crippen MR) is 136 cm³/mol. The van der Waals surface area contributed by atoms with Gasteiger partial charge in [0.25, 0.3) is 0 Å². The number of allylic oxidation sites excluding steroid dienone is 3.